The van der Waals surface area contributed by atoms with Gasteiger partial charge >= 0.3 is 24.1 Å². The van der Waals surface area contributed by atoms with Crippen molar-refractivity contribution >= 4 is 29.5 Å². The minimum atomic E-state index is -5.40. The number of hydrogen-bond acceptors (Lipinski definition) is 9. The number of Topliss-reactive ketones (excluding diaryl/α,β-unsaturated/α-hetero) is 2. The number of aliphatic carboxylic acids is 1. The van der Waals surface area contributed by atoms with Crippen molar-refractivity contribution in [3.05, 3.63) is 35.9 Å². The number of halogens is 3. The van der Waals surface area contributed by atoms with E-state index in [1.165, 1.54) is 26.0 Å². The van der Waals surface area contributed by atoms with Gasteiger partial charge in [0.2, 0.25) is 0 Å². The number of carboxylic acid groups (broad SMARTS) is 1. The molecule has 39 heavy (non-hydrogen) atoms. The summed E-state index contributed by atoms with van der Waals surface area (Å²) in [5.74, 6) is -7.08. The second-order valence-corrected chi connectivity index (χ2v) is 9.88. The molecule has 0 spiro atoms. The molecule has 13 heteroatoms. The summed E-state index contributed by atoms with van der Waals surface area (Å²) in [4.78, 5) is 66.1. The SMILES string of the molecule is CCOC(=O)[C@H](CC(=O)c1ccccc1)N1[C@H]2CCCC[C@@]2(OC(=O)C(F)(F)F)C[C@@]1(C(=O)O)C(=O)C(C)N. The highest BCUT2D eigenvalue weighted by molar-refractivity contribution is 6.11. The van der Waals surface area contributed by atoms with Gasteiger partial charge in [0.15, 0.2) is 17.1 Å². The number of ether oxygens (including phenoxy) is 2. The van der Waals surface area contributed by atoms with Crippen LogP contribution in [0.2, 0.25) is 0 Å². The minimum absolute atomic E-state index is 0.0121. The summed E-state index contributed by atoms with van der Waals surface area (Å²) < 4.78 is 50.2. The molecule has 3 rings (SSSR count). The highest BCUT2D eigenvalue weighted by atomic mass is 19.4. The van der Waals surface area contributed by atoms with Crippen LogP contribution in [0.1, 0.15) is 62.7 Å². The normalized spacial score (nSPS) is 26.7. The van der Waals surface area contributed by atoms with Crippen molar-refractivity contribution in [2.24, 2.45) is 5.73 Å². The van der Waals surface area contributed by atoms with Gasteiger partial charge in [0.25, 0.3) is 0 Å². The third kappa shape index (κ3) is 5.69. The first-order valence-electron chi connectivity index (χ1n) is 12.6. The number of likely N-dealkylation sites (tertiary alicyclic amines) is 1. The number of hydrogen-bond donors (Lipinski definition) is 2. The molecule has 1 saturated carbocycles. The predicted molar refractivity (Wildman–Crippen MR) is 128 cm³/mol. The Balaban J connectivity index is 2.24. The molecule has 1 saturated heterocycles. The molecule has 3 N–H and O–H groups in total. The van der Waals surface area contributed by atoms with Crippen LogP contribution < -0.4 is 5.73 Å². The molecule has 1 aromatic rings. The average molecular weight is 557 g/mol. The monoisotopic (exact) mass is 556 g/mol. The Bertz CT molecular complexity index is 1130. The second-order valence-electron chi connectivity index (χ2n) is 9.88. The standard InChI is InChI=1S/C26H31F3N2O8/c1-3-38-21(34)17(13-18(32)16-9-5-4-6-10-16)31-19-11-7-8-12-24(19,39-23(37)26(27,28)29)14-25(31,22(35)36)20(33)15(2)30/h4-6,9-10,15,17,19H,3,7-8,11-14,30H2,1-2H3,(H,35,36)/t15?,17-,19-,24+,25-/m0/s1. The van der Waals surface area contributed by atoms with Crippen molar-refractivity contribution in [3.8, 4) is 0 Å². The number of alkyl halides is 3. The van der Waals surface area contributed by atoms with Crippen molar-refractivity contribution in [2.75, 3.05) is 6.61 Å². The zero-order valence-electron chi connectivity index (χ0n) is 21.5. The zero-order chi connectivity index (χ0) is 29.2. The van der Waals surface area contributed by atoms with E-state index in [1.807, 2.05) is 0 Å². The summed E-state index contributed by atoms with van der Waals surface area (Å²) in [6.07, 6.45) is -6.49. The van der Waals surface area contributed by atoms with E-state index < -0.39 is 77.8 Å². The van der Waals surface area contributed by atoms with Crippen LogP contribution in [0.25, 0.3) is 0 Å². The van der Waals surface area contributed by atoms with Gasteiger partial charge in [0.1, 0.15) is 11.6 Å². The van der Waals surface area contributed by atoms with E-state index in [4.69, 9.17) is 15.2 Å². The molecule has 0 radical (unpaired) electrons. The molecule has 10 nitrogen and oxygen atoms in total. The number of carboxylic acids is 1. The van der Waals surface area contributed by atoms with Crippen LogP contribution in [0.15, 0.2) is 30.3 Å². The van der Waals surface area contributed by atoms with Crippen molar-refractivity contribution in [1.29, 1.82) is 0 Å². The smallest absolute Gasteiger partial charge is 0.480 e. The molecular weight excluding hydrogens is 525 g/mol. The quantitative estimate of drug-likeness (QED) is 0.250. The average Bonchev–Trinajstić information content (AvgIpc) is 3.18. The molecule has 2 aliphatic rings. The summed E-state index contributed by atoms with van der Waals surface area (Å²) in [7, 11) is 0. The first-order chi connectivity index (χ1) is 18.2. The third-order valence-electron chi connectivity index (χ3n) is 7.34. The summed E-state index contributed by atoms with van der Waals surface area (Å²) in [5, 5.41) is 10.5. The lowest BCUT2D eigenvalue weighted by atomic mass is 9.76. The Labute approximate surface area is 222 Å². The lowest BCUT2D eigenvalue weighted by molar-refractivity contribution is -0.218. The van der Waals surface area contributed by atoms with Crippen LogP contribution in [-0.4, -0.2) is 81.5 Å². The summed E-state index contributed by atoms with van der Waals surface area (Å²) in [6.45, 7) is 2.52. The fraction of sp³-hybridized carbons (Fsp3) is 0.577. The zero-order valence-corrected chi connectivity index (χ0v) is 21.5. The van der Waals surface area contributed by atoms with Crippen LogP contribution in [0, 0.1) is 0 Å². The number of rotatable bonds is 10. The number of esters is 2. The molecular formula is C26H31F3N2O8. The maximum atomic E-state index is 13.6. The first kappa shape index (κ1) is 30.2. The molecule has 5 atom stereocenters. The summed E-state index contributed by atoms with van der Waals surface area (Å²) in [5.41, 5.74) is 1.24. The Kier molecular flexibility index (Phi) is 8.85. The maximum Gasteiger partial charge on any atom is 0.490 e. The minimum Gasteiger partial charge on any atom is -0.480 e. The van der Waals surface area contributed by atoms with E-state index in [2.05, 4.69) is 0 Å². The molecule has 1 aliphatic carbocycles. The van der Waals surface area contributed by atoms with Gasteiger partial charge in [-0.15, -0.1) is 0 Å². The number of nitrogens with zero attached hydrogens (tertiary/aromatic N) is 1. The second kappa shape index (κ2) is 11.4. The van der Waals surface area contributed by atoms with Gasteiger partial charge < -0.3 is 20.3 Å². The molecule has 1 aliphatic heterocycles. The number of benzene rings is 1. The number of carbonyl (C=O) groups is 5. The van der Waals surface area contributed by atoms with Gasteiger partial charge in [-0.1, -0.05) is 36.8 Å². The Morgan fingerprint density at radius 3 is 2.33 bits per heavy atom. The topological polar surface area (TPSA) is 153 Å². The van der Waals surface area contributed by atoms with Gasteiger partial charge in [-0.3, -0.25) is 19.3 Å². The van der Waals surface area contributed by atoms with E-state index in [9.17, 15) is 42.3 Å². The van der Waals surface area contributed by atoms with Gasteiger partial charge in [-0.2, -0.15) is 13.2 Å². The van der Waals surface area contributed by atoms with E-state index in [1.54, 1.807) is 18.2 Å². The van der Waals surface area contributed by atoms with Crippen LogP contribution in [0.4, 0.5) is 13.2 Å². The molecule has 1 heterocycles. The van der Waals surface area contributed by atoms with Crippen LogP contribution in [0.3, 0.4) is 0 Å². The van der Waals surface area contributed by atoms with Gasteiger partial charge in [-0.25, -0.2) is 9.59 Å². The highest BCUT2D eigenvalue weighted by Gasteiger charge is 2.71. The molecule has 2 fully saturated rings. The van der Waals surface area contributed by atoms with Crippen molar-refractivity contribution in [1.82, 2.24) is 4.90 Å². The molecule has 214 valence electrons. The molecule has 0 bridgehead atoms. The van der Waals surface area contributed by atoms with E-state index in [0.29, 0.717) is 6.42 Å². The lowest BCUT2D eigenvalue weighted by Crippen LogP contribution is -2.66. The van der Waals surface area contributed by atoms with Crippen molar-refractivity contribution in [2.45, 2.75) is 87.8 Å². The lowest BCUT2D eigenvalue weighted by Gasteiger charge is -2.44. The van der Waals surface area contributed by atoms with Gasteiger partial charge in [0.05, 0.1) is 18.7 Å². The number of nitrogens with two attached hydrogens (primary N) is 1. The molecule has 0 aromatic heterocycles. The van der Waals surface area contributed by atoms with E-state index in [0.717, 1.165) is 4.90 Å². The molecule has 0 amide bonds. The van der Waals surface area contributed by atoms with Crippen LogP contribution in [0.5, 0.6) is 0 Å². The fourth-order valence-electron chi connectivity index (χ4n) is 5.80. The highest BCUT2D eigenvalue weighted by Crippen LogP contribution is 2.53. The molecule has 1 unspecified atom stereocenters. The largest absolute Gasteiger partial charge is 0.490 e. The number of fused-ring (bicyclic) bond motifs is 1. The summed E-state index contributed by atoms with van der Waals surface area (Å²) >= 11 is 0. The van der Waals surface area contributed by atoms with E-state index >= 15 is 0 Å². The van der Waals surface area contributed by atoms with Crippen LogP contribution >= 0.6 is 0 Å². The molecule has 1 aromatic carbocycles. The third-order valence-corrected chi connectivity index (χ3v) is 7.34. The Hall–Kier alpha value is -3.32. The van der Waals surface area contributed by atoms with Crippen molar-refractivity contribution < 1.29 is 51.7 Å². The number of carbonyl (C=O) groups excluding carboxylic acids is 4. The summed E-state index contributed by atoms with van der Waals surface area (Å²) in [6, 6.07) is 3.30. The van der Waals surface area contributed by atoms with Gasteiger partial charge in [0, 0.05) is 18.4 Å². The Morgan fingerprint density at radius 2 is 1.79 bits per heavy atom. The maximum absolute atomic E-state index is 13.6. The first-order valence-corrected chi connectivity index (χ1v) is 12.6. The van der Waals surface area contributed by atoms with Gasteiger partial charge in [-0.05, 0) is 33.1 Å². The predicted octanol–water partition coefficient (Wildman–Crippen LogP) is 2.42. The van der Waals surface area contributed by atoms with Crippen LogP contribution in [-0.2, 0) is 28.7 Å². The van der Waals surface area contributed by atoms with Crippen molar-refractivity contribution in [3.63, 3.8) is 0 Å². The fourth-order valence-corrected chi connectivity index (χ4v) is 5.80. The van der Waals surface area contributed by atoms with E-state index in [-0.39, 0.29) is 31.4 Å². The Morgan fingerprint density at radius 1 is 1.15 bits per heavy atom. The number of ketones is 2.